The first-order chi connectivity index (χ1) is 8.90. The van der Waals surface area contributed by atoms with Gasteiger partial charge in [0.25, 0.3) is 0 Å². The maximum Gasteiger partial charge on any atom is 0.338 e. The molecule has 0 aromatic heterocycles. The van der Waals surface area contributed by atoms with Crippen LogP contribution in [0, 0.1) is 17.5 Å². The summed E-state index contributed by atoms with van der Waals surface area (Å²) in [5.74, 6) is -5.14. The van der Waals surface area contributed by atoms with Gasteiger partial charge in [-0.2, -0.15) is 0 Å². The predicted molar refractivity (Wildman–Crippen MR) is 63.7 cm³/mol. The highest BCUT2D eigenvalue weighted by molar-refractivity contribution is 6.30. The molecule has 0 saturated carbocycles. The van der Waals surface area contributed by atoms with Gasteiger partial charge in [0.1, 0.15) is 5.82 Å². The Morgan fingerprint density at radius 1 is 1.05 bits per heavy atom. The van der Waals surface area contributed by atoms with Gasteiger partial charge in [0.2, 0.25) is 0 Å². The van der Waals surface area contributed by atoms with E-state index in [0.29, 0.717) is 0 Å². The molecule has 2 rings (SSSR count). The minimum atomic E-state index is -1.58. The van der Waals surface area contributed by atoms with Crippen molar-refractivity contribution in [1.29, 1.82) is 0 Å². The molecule has 1 N–H and O–H groups in total. The fraction of sp³-hybridized carbons (Fsp3) is 0. The summed E-state index contributed by atoms with van der Waals surface area (Å²) in [4.78, 5) is 10.6. The van der Waals surface area contributed by atoms with Crippen LogP contribution in [-0.4, -0.2) is 11.1 Å². The first-order valence-electron chi connectivity index (χ1n) is 5.08. The summed E-state index contributed by atoms with van der Waals surface area (Å²) in [6.45, 7) is 0. The second-order valence-electron chi connectivity index (χ2n) is 3.75. The van der Waals surface area contributed by atoms with Crippen LogP contribution in [0.1, 0.15) is 10.4 Å². The predicted octanol–water partition coefficient (Wildman–Crippen LogP) is 4.12. The van der Waals surface area contributed by atoms with E-state index in [9.17, 15) is 18.0 Å². The van der Waals surface area contributed by atoms with Crippen molar-refractivity contribution in [3.05, 3.63) is 58.4 Å². The molecular weight excluding hydrogens is 281 g/mol. The van der Waals surface area contributed by atoms with Crippen molar-refractivity contribution in [2.75, 3.05) is 0 Å². The van der Waals surface area contributed by atoms with Crippen molar-refractivity contribution in [1.82, 2.24) is 0 Å². The van der Waals surface area contributed by atoms with Gasteiger partial charge >= 0.3 is 5.97 Å². The third kappa shape index (κ3) is 2.56. The standard InChI is InChI=1S/C13H6ClF3O2/c14-7-3-6(4-8(15)5-7)9-1-2-10(13(18)19)12(17)11(9)16/h1-5H,(H,18,19). The first kappa shape index (κ1) is 13.4. The second kappa shape index (κ2) is 4.93. The van der Waals surface area contributed by atoms with E-state index in [4.69, 9.17) is 16.7 Å². The Hall–Kier alpha value is -2.01. The highest BCUT2D eigenvalue weighted by Gasteiger charge is 2.19. The minimum absolute atomic E-state index is 0.0251. The number of benzene rings is 2. The van der Waals surface area contributed by atoms with E-state index in [-0.39, 0.29) is 16.1 Å². The van der Waals surface area contributed by atoms with Crippen LogP contribution in [0.15, 0.2) is 30.3 Å². The maximum absolute atomic E-state index is 13.8. The molecule has 0 aliphatic heterocycles. The Kier molecular flexibility index (Phi) is 3.48. The monoisotopic (exact) mass is 286 g/mol. The van der Waals surface area contributed by atoms with Gasteiger partial charge in [-0.1, -0.05) is 17.7 Å². The quantitative estimate of drug-likeness (QED) is 0.901. The SMILES string of the molecule is O=C(O)c1ccc(-c2cc(F)cc(Cl)c2)c(F)c1F. The smallest absolute Gasteiger partial charge is 0.338 e. The summed E-state index contributed by atoms with van der Waals surface area (Å²) in [5.41, 5.74) is -1.02. The van der Waals surface area contributed by atoms with Crippen LogP contribution in [0.5, 0.6) is 0 Å². The van der Waals surface area contributed by atoms with E-state index >= 15 is 0 Å². The van der Waals surface area contributed by atoms with Gasteiger partial charge in [0.05, 0.1) is 5.56 Å². The highest BCUT2D eigenvalue weighted by Crippen LogP contribution is 2.29. The molecule has 0 fully saturated rings. The van der Waals surface area contributed by atoms with E-state index in [1.54, 1.807) is 0 Å². The van der Waals surface area contributed by atoms with E-state index in [1.807, 2.05) is 0 Å². The van der Waals surface area contributed by atoms with Gasteiger partial charge in [-0.3, -0.25) is 0 Å². The molecule has 0 spiro atoms. The number of carbonyl (C=O) groups is 1. The Morgan fingerprint density at radius 2 is 1.74 bits per heavy atom. The number of rotatable bonds is 2. The molecule has 2 aromatic carbocycles. The van der Waals surface area contributed by atoms with Gasteiger partial charge in [-0.05, 0) is 29.8 Å². The zero-order valence-corrected chi connectivity index (χ0v) is 10.0. The maximum atomic E-state index is 13.8. The van der Waals surface area contributed by atoms with Crippen LogP contribution in [0.3, 0.4) is 0 Å². The molecule has 0 amide bonds. The molecule has 0 bridgehead atoms. The van der Waals surface area contributed by atoms with Gasteiger partial charge in [-0.15, -0.1) is 0 Å². The summed E-state index contributed by atoms with van der Waals surface area (Å²) in [7, 11) is 0. The number of carboxylic acids is 1. The molecule has 0 aliphatic rings. The summed E-state index contributed by atoms with van der Waals surface area (Å²) in [6, 6.07) is 5.22. The lowest BCUT2D eigenvalue weighted by molar-refractivity contribution is 0.0690. The van der Waals surface area contributed by atoms with Crippen molar-refractivity contribution in [3.8, 4) is 11.1 Å². The van der Waals surface area contributed by atoms with E-state index in [2.05, 4.69) is 0 Å². The largest absolute Gasteiger partial charge is 0.478 e. The van der Waals surface area contributed by atoms with Crippen molar-refractivity contribution < 1.29 is 23.1 Å². The molecule has 19 heavy (non-hydrogen) atoms. The Morgan fingerprint density at radius 3 is 2.32 bits per heavy atom. The van der Waals surface area contributed by atoms with Gasteiger partial charge in [-0.25, -0.2) is 18.0 Å². The van der Waals surface area contributed by atoms with E-state index in [1.165, 1.54) is 6.07 Å². The second-order valence-corrected chi connectivity index (χ2v) is 4.19. The molecule has 98 valence electrons. The molecule has 0 radical (unpaired) electrons. The van der Waals surface area contributed by atoms with Gasteiger partial charge < -0.3 is 5.11 Å². The zero-order valence-electron chi connectivity index (χ0n) is 9.25. The molecule has 2 aromatic rings. The molecular formula is C13H6ClF3O2. The van der Waals surface area contributed by atoms with Crippen molar-refractivity contribution in [3.63, 3.8) is 0 Å². The third-order valence-corrected chi connectivity index (χ3v) is 2.70. The van der Waals surface area contributed by atoms with Crippen LogP contribution >= 0.6 is 11.6 Å². The van der Waals surface area contributed by atoms with Gasteiger partial charge in [0.15, 0.2) is 11.6 Å². The van der Waals surface area contributed by atoms with Crippen LogP contribution in [0.25, 0.3) is 11.1 Å². The van der Waals surface area contributed by atoms with Crippen molar-refractivity contribution in [2.45, 2.75) is 0 Å². The average Bonchev–Trinajstić information content (AvgIpc) is 2.30. The Balaban J connectivity index is 2.64. The number of hydrogen-bond acceptors (Lipinski definition) is 1. The topological polar surface area (TPSA) is 37.3 Å². The van der Waals surface area contributed by atoms with Crippen LogP contribution in [0.4, 0.5) is 13.2 Å². The molecule has 6 heteroatoms. The minimum Gasteiger partial charge on any atom is -0.478 e. The lowest BCUT2D eigenvalue weighted by Crippen LogP contribution is -2.03. The first-order valence-corrected chi connectivity index (χ1v) is 5.45. The summed E-state index contributed by atoms with van der Waals surface area (Å²) >= 11 is 5.62. The Labute approximate surface area is 111 Å². The van der Waals surface area contributed by atoms with Crippen LogP contribution in [0.2, 0.25) is 5.02 Å². The number of aromatic carboxylic acids is 1. The number of carboxylic acid groups (broad SMARTS) is 1. The molecule has 0 saturated heterocycles. The number of hydrogen-bond donors (Lipinski definition) is 1. The molecule has 2 nitrogen and oxygen atoms in total. The van der Waals surface area contributed by atoms with Crippen molar-refractivity contribution in [2.24, 2.45) is 0 Å². The summed E-state index contributed by atoms with van der Waals surface area (Å²) < 4.78 is 40.4. The van der Waals surface area contributed by atoms with Crippen LogP contribution in [-0.2, 0) is 0 Å². The number of halogens is 4. The molecule has 0 aliphatic carbocycles. The van der Waals surface area contributed by atoms with Gasteiger partial charge in [0, 0.05) is 10.6 Å². The molecule has 0 heterocycles. The fourth-order valence-corrected chi connectivity index (χ4v) is 1.87. The lowest BCUT2D eigenvalue weighted by Gasteiger charge is -2.07. The zero-order chi connectivity index (χ0) is 14.2. The molecule has 0 unspecified atom stereocenters. The van der Waals surface area contributed by atoms with Crippen LogP contribution < -0.4 is 0 Å². The Bertz CT molecular complexity index is 651. The van der Waals surface area contributed by atoms with E-state index in [0.717, 1.165) is 24.3 Å². The average molecular weight is 287 g/mol. The normalized spacial score (nSPS) is 10.5. The van der Waals surface area contributed by atoms with E-state index < -0.39 is 29.0 Å². The van der Waals surface area contributed by atoms with Crippen molar-refractivity contribution >= 4 is 17.6 Å². The summed E-state index contributed by atoms with van der Waals surface area (Å²) in [6.07, 6.45) is 0. The highest BCUT2D eigenvalue weighted by atomic mass is 35.5. The fourth-order valence-electron chi connectivity index (χ4n) is 1.65. The molecule has 0 atom stereocenters. The lowest BCUT2D eigenvalue weighted by atomic mass is 10.0. The summed E-state index contributed by atoms with van der Waals surface area (Å²) in [5, 5.41) is 8.68. The third-order valence-electron chi connectivity index (χ3n) is 2.49.